The molecule has 0 heterocycles. The Morgan fingerprint density at radius 3 is 1.21 bits per heavy atom. The minimum Gasteiger partial charge on any atom is -0.456 e. The molecule has 0 aromatic rings. The van der Waals surface area contributed by atoms with E-state index in [9.17, 15) is 19.0 Å². The molecule has 0 aliphatic heterocycles. The Hall–Kier alpha value is -3.33. The van der Waals surface area contributed by atoms with Gasteiger partial charge in [0.15, 0.2) is 0 Å². The summed E-state index contributed by atoms with van der Waals surface area (Å²) in [5.74, 6) is -0.533. The van der Waals surface area contributed by atoms with E-state index in [1.54, 1.807) is 0 Å². The number of phosphoric ester groups is 1. The van der Waals surface area contributed by atoms with Gasteiger partial charge in [0, 0.05) is 12.8 Å². The number of unbranched alkanes of at least 4 members (excludes halogenated alkanes) is 27. The van der Waals surface area contributed by atoms with Gasteiger partial charge in [-0.25, -0.2) is 4.57 Å². The van der Waals surface area contributed by atoms with Gasteiger partial charge in [-0.3, -0.25) is 18.6 Å². The average Bonchev–Trinajstić information content (AvgIpc) is 3.44. The second kappa shape index (κ2) is 59.8. The van der Waals surface area contributed by atoms with Crippen molar-refractivity contribution in [3.8, 4) is 0 Å². The van der Waals surface area contributed by atoms with Crippen molar-refractivity contribution >= 4 is 19.7 Å². The Labute approximate surface area is 500 Å². The van der Waals surface area contributed by atoms with Gasteiger partial charge in [0.25, 0.3) is 0 Å². The molecule has 0 saturated carbocycles. The van der Waals surface area contributed by atoms with Gasteiger partial charge in [0.05, 0.1) is 33.8 Å². The Morgan fingerprint density at radius 2 is 0.790 bits per heavy atom. The first kappa shape index (κ1) is 77.7. The molecule has 0 saturated heterocycles. The van der Waals surface area contributed by atoms with Crippen molar-refractivity contribution < 1.29 is 37.3 Å². The molecule has 0 rings (SSSR count). The first-order chi connectivity index (χ1) is 39.4. The summed E-state index contributed by atoms with van der Waals surface area (Å²) in [5, 5.41) is 3.05. The van der Waals surface area contributed by atoms with Crippen molar-refractivity contribution in [2.45, 2.75) is 290 Å². The molecule has 0 fully saturated rings. The number of amides is 1. The van der Waals surface area contributed by atoms with Crippen LogP contribution in [0.2, 0.25) is 0 Å². The molecule has 0 spiro atoms. The number of hydrogen-bond donors (Lipinski definition) is 2. The molecule has 0 aliphatic rings. The lowest BCUT2D eigenvalue weighted by molar-refractivity contribution is -0.870. The van der Waals surface area contributed by atoms with Crippen molar-refractivity contribution in [3.05, 3.63) is 109 Å². The zero-order valence-corrected chi connectivity index (χ0v) is 54.1. The first-order valence-electron chi connectivity index (χ1n) is 33.2. The Bertz CT molecular complexity index is 1750. The van der Waals surface area contributed by atoms with E-state index in [0.717, 1.165) is 141 Å². The highest BCUT2D eigenvalue weighted by Gasteiger charge is 2.30. The van der Waals surface area contributed by atoms with Crippen molar-refractivity contribution in [1.82, 2.24) is 5.32 Å². The van der Waals surface area contributed by atoms with E-state index in [1.807, 2.05) is 33.3 Å². The highest BCUT2D eigenvalue weighted by Crippen LogP contribution is 2.43. The number of rotatable bonds is 59. The summed E-state index contributed by atoms with van der Waals surface area (Å²) < 4.78 is 30.8. The normalized spacial score (nSPS) is 14.3. The lowest BCUT2D eigenvalue weighted by Crippen LogP contribution is -2.47. The minimum atomic E-state index is -4.46. The van der Waals surface area contributed by atoms with Crippen LogP contribution in [0.15, 0.2) is 109 Å². The third-order valence-corrected chi connectivity index (χ3v) is 15.2. The number of phosphoric acid groups is 1. The second-order valence-corrected chi connectivity index (χ2v) is 24.7. The van der Waals surface area contributed by atoms with Crippen LogP contribution in [-0.2, 0) is 27.9 Å². The maximum atomic E-state index is 13.6. The smallest absolute Gasteiger partial charge is 0.456 e. The van der Waals surface area contributed by atoms with Gasteiger partial charge in [-0.05, 0) is 115 Å². The van der Waals surface area contributed by atoms with Crippen LogP contribution in [0, 0.1) is 0 Å². The van der Waals surface area contributed by atoms with Crippen molar-refractivity contribution in [2.24, 2.45) is 0 Å². The molecule has 10 heteroatoms. The van der Waals surface area contributed by atoms with Crippen molar-refractivity contribution in [3.63, 3.8) is 0 Å². The van der Waals surface area contributed by atoms with Crippen LogP contribution in [0.3, 0.4) is 0 Å². The zero-order valence-electron chi connectivity index (χ0n) is 53.2. The van der Waals surface area contributed by atoms with Gasteiger partial charge in [-0.15, -0.1) is 0 Å². The highest BCUT2D eigenvalue weighted by atomic mass is 31.2. The van der Waals surface area contributed by atoms with Crippen LogP contribution in [0.25, 0.3) is 0 Å². The fourth-order valence-corrected chi connectivity index (χ4v) is 9.83. The number of nitrogens with zero attached hydrogens (tertiary/aromatic N) is 1. The number of ether oxygens (including phenoxy) is 1. The van der Waals surface area contributed by atoms with E-state index in [-0.39, 0.29) is 31.5 Å². The average molecular weight is 1150 g/mol. The number of likely N-dealkylation sites (N-methyl/N-ethyl adjacent to an activating group) is 1. The van der Waals surface area contributed by atoms with Crippen molar-refractivity contribution in [1.29, 1.82) is 0 Å². The maximum Gasteiger partial charge on any atom is 0.472 e. The monoisotopic (exact) mass is 1150 g/mol. The van der Waals surface area contributed by atoms with E-state index >= 15 is 0 Å². The van der Waals surface area contributed by atoms with Gasteiger partial charge in [0.1, 0.15) is 19.3 Å². The van der Waals surface area contributed by atoms with E-state index in [2.05, 4.69) is 123 Å². The molecule has 3 unspecified atom stereocenters. The Morgan fingerprint density at radius 1 is 0.444 bits per heavy atom. The van der Waals surface area contributed by atoms with Crippen LogP contribution in [0.5, 0.6) is 0 Å². The molecule has 81 heavy (non-hydrogen) atoms. The second-order valence-electron chi connectivity index (χ2n) is 23.3. The summed E-state index contributed by atoms with van der Waals surface area (Å²) in [6, 6.07) is -0.866. The SMILES string of the molecule is CC/C=C\C/C=C\C/C=C\C/C=C\C/C=C\C/C=C\CCCCCCCCC(=O)OC(/C=C\CCCCCCCCCCCCC)C(COP(=O)(O)OCC[N+](C)(C)C)NC(=O)CCCCCCCCC/C=C\C/C=C\CCCCC. The molecular formula is C71H126N2O7P+. The van der Waals surface area contributed by atoms with E-state index in [0.29, 0.717) is 17.4 Å². The van der Waals surface area contributed by atoms with E-state index < -0.39 is 20.0 Å². The third-order valence-electron chi connectivity index (χ3n) is 14.2. The number of esters is 1. The number of allylic oxidation sites excluding steroid dienone is 17. The highest BCUT2D eigenvalue weighted by molar-refractivity contribution is 7.47. The Kier molecular flexibility index (Phi) is 57.4. The van der Waals surface area contributed by atoms with Gasteiger partial charge in [0.2, 0.25) is 5.91 Å². The molecule has 0 aliphatic carbocycles. The molecule has 0 aromatic carbocycles. The fourth-order valence-electron chi connectivity index (χ4n) is 9.09. The number of quaternary nitrogens is 1. The van der Waals surface area contributed by atoms with Gasteiger partial charge in [-0.1, -0.05) is 259 Å². The van der Waals surface area contributed by atoms with Gasteiger partial charge in [-0.2, -0.15) is 0 Å². The fraction of sp³-hybridized carbons (Fsp3) is 0.718. The van der Waals surface area contributed by atoms with Crippen LogP contribution >= 0.6 is 7.82 Å². The summed E-state index contributed by atoms with van der Waals surface area (Å²) in [6.07, 6.45) is 82.2. The molecule has 0 radical (unpaired) electrons. The predicted molar refractivity (Wildman–Crippen MR) is 350 cm³/mol. The molecule has 0 aromatic heterocycles. The van der Waals surface area contributed by atoms with Gasteiger partial charge >= 0.3 is 13.8 Å². The van der Waals surface area contributed by atoms with Crippen LogP contribution in [0.1, 0.15) is 278 Å². The molecule has 2 N–H and O–H groups in total. The lowest BCUT2D eigenvalue weighted by atomic mass is 10.0. The molecule has 3 atom stereocenters. The maximum absolute atomic E-state index is 13.6. The topological polar surface area (TPSA) is 111 Å². The summed E-state index contributed by atoms with van der Waals surface area (Å²) in [5.41, 5.74) is 0. The molecule has 466 valence electrons. The quantitative estimate of drug-likeness (QED) is 0.0205. The standard InChI is InChI=1S/C71H125N2O7P/c1-7-10-13-16-19-22-25-28-30-32-33-34-35-36-37-38-39-41-43-46-49-52-55-58-61-64-71(75)80-69(62-59-56-53-50-47-44-27-24-21-18-15-12-9-3)68(67-79-81(76,77)78-66-65-73(4,5)6)72-70(74)63-60-57-54-51-48-45-42-40-31-29-26-23-20-17-14-11-8-2/h10,13,19-20,22-23,28-31,33-34,36-37,39,41,59,62,68-69H,7-9,11-12,14-18,21,24-27,32,35,38,40,42-58,60-61,63-67H2,1-6H3,(H-,72,74,76,77)/p+1/b13-10-,22-19-,23-20-,30-28-,31-29-,34-33-,37-36-,41-39-,62-59-. The summed E-state index contributed by atoms with van der Waals surface area (Å²) >= 11 is 0. The van der Waals surface area contributed by atoms with E-state index in [1.165, 1.54) is 103 Å². The predicted octanol–water partition coefficient (Wildman–Crippen LogP) is 20.9. The van der Waals surface area contributed by atoms with Crippen LogP contribution < -0.4 is 5.32 Å². The molecular weight excluding hydrogens is 1020 g/mol. The summed E-state index contributed by atoms with van der Waals surface area (Å²) in [4.78, 5) is 37.8. The number of hydrogen-bond acceptors (Lipinski definition) is 6. The number of nitrogens with one attached hydrogen (secondary N) is 1. The molecule has 9 nitrogen and oxygen atoms in total. The summed E-state index contributed by atoms with van der Waals surface area (Å²) in [6.45, 7) is 6.86. The minimum absolute atomic E-state index is 0.0310. The van der Waals surface area contributed by atoms with Crippen LogP contribution in [0.4, 0.5) is 0 Å². The van der Waals surface area contributed by atoms with Gasteiger partial charge < -0.3 is 19.4 Å². The molecule has 0 bridgehead atoms. The van der Waals surface area contributed by atoms with Crippen molar-refractivity contribution in [2.75, 3.05) is 40.9 Å². The zero-order chi connectivity index (χ0) is 59.3. The third kappa shape index (κ3) is 61.1. The number of carbonyl (C=O) groups excluding carboxylic acids is 2. The molecule has 1 amide bonds. The Balaban J connectivity index is 5.24. The first-order valence-corrected chi connectivity index (χ1v) is 34.7. The van der Waals surface area contributed by atoms with Crippen LogP contribution in [-0.4, -0.2) is 74.3 Å². The van der Waals surface area contributed by atoms with E-state index in [4.69, 9.17) is 13.8 Å². The number of carbonyl (C=O) groups is 2. The lowest BCUT2D eigenvalue weighted by Gasteiger charge is -2.27. The summed E-state index contributed by atoms with van der Waals surface area (Å²) in [7, 11) is 1.47. The largest absolute Gasteiger partial charge is 0.472 e.